The Bertz CT molecular complexity index is 775. The van der Waals surface area contributed by atoms with Crippen LogP contribution in [-0.2, 0) is 0 Å². The summed E-state index contributed by atoms with van der Waals surface area (Å²) in [5.74, 6) is 0.333. The van der Waals surface area contributed by atoms with E-state index in [-0.39, 0.29) is 30.7 Å². The summed E-state index contributed by atoms with van der Waals surface area (Å²) in [4.78, 5) is 21.4. The first kappa shape index (κ1) is 19.5. The van der Waals surface area contributed by atoms with Gasteiger partial charge in [-0.15, -0.1) is 0 Å². The predicted molar refractivity (Wildman–Crippen MR) is 105 cm³/mol. The molecule has 146 valence electrons. The van der Waals surface area contributed by atoms with E-state index in [0.717, 1.165) is 43.9 Å². The second kappa shape index (κ2) is 9.10. The van der Waals surface area contributed by atoms with Crippen LogP contribution in [0.25, 0.3) is 10.9 Å². The summed E-state index contributed by atoms with van der Waals surface area (Å²) in [5.41, 5.74) is 1.22. The van der Waals surface area contributed by atoms with Crippen LogP contribution in [0, 0.1) is 0 Å². The highest BCUT2D eigenvalue weighted by atomic mass is 16.3. The van der Waals surface area contributed by atoms with Crippen molar-refractivity contribution in [3.63, 3.8) is 0 Å². The third kappa shape index (κ3) is 5.14. The normalized spacial score (nSPS) is 21.0. The van der Waals surface area contributed by atoms with E-state index in [2.05, 4.69) is 20.6 Å². The van der Waals surface area contributed by atoms with E-state index in [1.807, 2.05) is 13.0 Å². The zero-order valence-corrected chi connectivity index (χ0v) is 15.7. The van der Waals surface area contributed by atoms with Crippen LogP contribution < -0.4 is 10.6 Å². The molecule has 3 rings (SSSR count). The van der Waals surface area contributed by atoms with Crippen LogP contribution in [0.15, 0.2) is 24.4 Å². The molecule has 1 saturated carbocycles. The molecule has 1 aromatic carbocycles. The fourth-order valence-electron chi connectivity index (χ4n) is 3.46. The van der Waals surface area contributed by atoms with Gasteiger partial charge < -0.3 is 20.8 Å². The molecule has 1 fully saturated rings. The maximum atomic E-state index is 12.5. The first-order valence-corrected chi connectivity index (χ1v) is 9.72. The smallest absolute Gasteiger partial charge is 0.251 e. The lowest BCUT2D eigenvalue weighted by atomic mass is 9.93. The molecule has 1 heterocycles. The zero-order chi connectivity index (χ0) is 19.2. The molecular formula is C20H28N4O3. The van der Waals surface area contributed by atoms with E-state index in [9.17, 15) is 15.0 Å². The van der Waals surface area contributed by atoms with Gasteiger partial charge >= 0.3 is 0 Å². The number of amides is 1. The number of anilines is 1. The summed E-state index contributed by atoms with van der Waals surface area (Å²) >= 11 is 0. The number of nitrogens with one attached hydrogen (secondary N) is 2. The minimum Gasteiger partial charge on any atom is -0.394 e. The fraction of sp³-hybridized carbons (Fsp3) is 0.550. The van der Waals surface area contributed by atoms with Crippen molar-refractivity contribution in [2.24, 2.45) is 0 Å². The molecular weight excluding hydrogens is 344 g/mol. The first-order valence-electron chi connectivity index (χ1n) is 9.72. The van der Waals surface area contributed by atoms with Crippen molar-refractivity contribution in [1.29, 1.82) is 0 Å². The molecule has 27 heavy (non-hydrogen) atoms. The number of carbonyl (C=O) groups is 1. The molecule has 1 aliphatic carbocycles. The Labute approximate surface area is 159 Å². The van der Waals surface area contributed by atoms with Gasteiger partial charge in [0.25, 0.3) is 5.91 Å². The van der Waals surface area contributed by atoms with Gasteiger partial charge in [0.1, 0.15) is 0 Å². The molecule has 4 N–H and O–H groups in total. The number of nitrogens with zero attached hydrogens (tertiary/aromatic N) is 2. The van der Waals surface area contributed by atoms with E-state index in [1.54, 1.807) is 18.3 Å². The first-order chi connectivity index (χ1) is 13.1. The SMILES string of the molecule is CCC[C@@H](CO)NC(=O)c1ccc2cnc(N[C@H]3CC[C@H](O)CC3)nc2c1. The molecule has 0 spiro atoms. The highest BCUT2D eigenvalue weighted by Crippen LogP contribution is 2.22. The van der Waals surface area contributed by atoms with Gasteiger partial charge in [-0.3, -0.25) is 4.79 Å². The van der Waals surface area contributed by atoms with E-state index < -0.39 is 0 Å². The second-order valence-corrected chi connectivity index (χ2v) is 7.26. The van der Waals surface area contributed by atoms with Gasteiger partial charge in [0.05, 0.1) is 24.3 Å². The zero-order valence-electron chi connectivity index (χ0n) is 15.7. The Hall–Kier alpha value is -2.25. The van der Waals surface area contributed by atoms with Gasteiger partial charge in [0, 0.05) is 23.2 Å². The standard InChI is InChI=1S/C20H28N4O3/c1-2-3-16(12-25)22-19(27)13-4-5-14-11-21-20(24-18(14)10-13)23-15-6-8-17(26)9-7-15/h4-5,10-11,15-17,25-26H,2-3,6-9,12H2,1H3,(H,22,27)(H,21,23,24)/t15-,16-,17-/m0/s1. The molecule has 0 aliphatic heterocycles. The predicted octanol–water partition coefficient (Wildman–Crippen LogP) is 2.24. The number of hydrogen-bond acceptors (Lipinski definition) is 6. The Morgan fingerprint density at radius 2 is 2.07 bits per heavy atom. The van der Waals surface area contributed by atoms with Crippen molar-refractivity contribution in [3.05, 3.63) is 30.0 Å². The number of benzene rings is 1. The third-order valence-electron chi connectivity index (χ3n) is 5.07. The van der Waals surface area contributed by atoms with Crippen LogP contribution >= 0.6 is 0 Å². The van der Waals surface area contributed by atoms with Crippen molar-refractivity contribution in [3.8, 4) is 0 Å². The van der Waals surface area contributed by atoms with Crippen LogP contribution in [0.2, 0.25) is 0 Å². The molecule has 0 unspecified atom stereocenters. The maximum absolute atomic E-state index is 12.5. The average molecular weight is 372 g/mol. The van der Waals surface area contributed by atoms with E-state index >= 15 is 0 Å². The lowest BCUT2D eigenvalue weighted by Crippen LogP contribution is -2.37. The largest absolute Gasteiger partial charge is 0.394 e. The maximum Gasteiger partial charge on any atom is 0.251 e. The lowest BCUT2D eigenvalue weighted by Gasteiger charge is -2.26. The van der Waals surface area contributed by atoms with Crippen molar-refractivity contribution in [2.75, 3.05) is 11.9 Å². The number of rotatable bonds is 7. The number of hydrogen-bond donors (Lipinski definition) is 4. The summed E-state index contributed by atoms with van der Waals surface area (Å²) in [6, 6.07) is 5.36. The molecule has 7 nitrogen and oxygen atoms in total. The molecule has 1 aliphatic rings. The summed E-state index contributed by atoms with van der Waals surface area (Å²) in [6.07, 6.45) is 6.55. The summed E-state index contributed by atoms with van der Waals surface area (Å²) in [5, 5.41) is 26.1. The third-order valence-corrected chi connectivity index (χ3v) is 5.07. The minimum absolute atomic E-state index is 0.0700. The Kier molecular flexibility index (Phi) is 6.58. The van der Waals surface area contributed by atoms with Crippen molar-refractivity contribution < 1.29 is 15.0 Å². The van der Waals surface area contributed by atoms with E-state index in [0.29, 0.717) is 17.0 Å². The Morgan fingerprint density at radius 1 is 1.30 bits per heavy atom. The van der Waals surface area contributed by atoms with Gasteiger partial charge in [-0.1, -0.05) is 19.4 Å². The molecule has 0 bridgehead atoms. The van der Waals surface area contributed by atoms with Gasteiger partial charge in [-0.05, 0) is 44.2 Å². The number of aromatic nitrogens is 2. The molecule has 7 heteroatoms. The number of aliphatic hydroxyl groups excluding tert-OH is 2. The quantitative estimate of drug-likeness (QED) is 0.594. The molecule has 1 amide bonds. The lowest BCUT2D eigenvalue weighted by molar-refractivity contribution is 0.0913. The number of carbonyl (C=O) groups excluding carboxylic acids is 1. The highest BCUT2D eigenvalue weighted by molar-refractivity contribution is 5.97. The summed E-state index contributed by atoms with van der Waals surface area (Å²) < 4.78 is 0. The van der Waals surface area contributed by atoms with Crippen LogP contribution in [-0.4, -0.2) is 50.9 Å². The average Bonchev–Trinajstić information content (AvgIpc) is 2.68. The van der Waals surface area contributed by atoms with E-state index in [4.69, 9.17) is 0 Å². The van der Waals surface area contributed by atoms with Crippen LogP contribution in [0.4, 0.5) is 5.95 Å². The number of fused-ring (bicyclic) bond motifs is 1. The molecule has 1 atom stereocenters. The molecule has 2 aromatic rings. The molecule has 0 radical (unpaired) electrons. The topological polar surface area (TPSA) is 107 Å². The summed E-state index contributed by atoms with van der Waals surface area (Å²) in [7, 11) is 0. The highest BCUT2D eigenvalue weighted by Gasteiger charge is 2.20. The van der Waals surface area contributed by atoms with Crippen LogP contribution in [0.5, 0.6) is 0 Å². The van der Waals surface area contributed by atoms with Crippen molar-refractivity contribution >= 4 is 22.8 Å². The minimum atomic E-state index is -0.234. The molecule has 1 aromatic heterocycles. The van der Waals surface area contributed by atoms with Crippen LogP contribution in [0.1, 0.15) is 55.8 Å². The Balaban J connectivity index is 1.72. The van der Waals surface area contributed by atoms with Gasteiger partial charge in [-0.25, -0.2) is 9.97 Å². The van der Waals surface area contributed by atoms with Crippen LogP contribution in [0.3, 0.4) is 0 Å². The van der Waals surface area contributed by atoms with E-state index in [1.165, 1.54) is 0 Å². The van der Waals surface area contributed by atoms with Crippen molar-refractivity contribution in [1.82, 2.24) is 15.3 Å². The number of aliphatic hydroxyl groups is 2. The van der Waals surface area contributed by atoms with Gasteiger partial charge in [0.2, 0.25) is 5.95 Å². The Morgan fingerprint density at radius 3 is 2.78 bits per heavy atom. The molecule has 0 saturated heterocycles. The monoisotopic (exact) mass is 372 g/mol. The van der Waals surface area contributed by atoms with Gasteiger partial charge in [0.15, 0.2) is 0 Å². The summed E-state index contributed by atoms with van der Waals surface area (Å²) in [6.45, 7) is 1.95. The second-order valence-electron chi connectivity index (χ2n) is 7.26. The van der Waals surface area contributed by atoms with Gasteiger partial charge in [-0.2, -0.15) is 0 Å². The fourth-order valence-corrected chi connectivity index (χ4v) is 3.46. The van der Waals surface area contributed by atoms with Crippen molar-refractivity contribution in [2.45, 2.75) is 63.6 Å².